The summed E-state index contributed by atoms with van der Waals surface area (Å²) in [6.07, 6.45) is 3.35. The minimum absolute atomic E-state index is 0.0116. The number of rotatable bonds is 1. The van der Waals surface area contributed by atoms with Crippen LogP contribution in [0.15, 0.2) is 11.4 Å². The zero-order chi connectivity index (χ0) is 22.6. The van der Waals surface area contributed by atoms with Crippen molar-refractivity contribution in [2.45, 2.75) is 38.0 Å². The molecule has 9 nitrogen and oxygen atoms in total. The number of imidazole rings is 1. The standard InChI is InChI=1S/2C6H10N2OS.C5H8N2OS/c1-5-4-7-6(8(5)2)10(3)9;1-4-5(9)8(3)6(10)7(4)2;1-3-4(8)6-5(9)7(3)2/h2*4H,1-3H3;3H,1-2H3,(H,6,8,9). The Morgan fingerprint density at radius 3 is 1.76 bits per heavy atom. The zero-order valence-electron chi connectivity index (χ0n) is 17.9. The van der Waals surface area contributed by atoms with Gasteiger partial charge in [0, 0.05) is 46.3 Å². The predicted octanol–water partition coefficient (Wildman–Crippen LogP) is 0.251. The van der Waals surface area contributed by atoms with Crippen molar-refractivity contribution in [1.29, 1.82) is 0 Å². The van der Waals surface area contributed by atoms with Gasteiger partial charge in [-0.15, -0.1) is 0 Å². The summed E-state index contributed by atoms with van der Waals surface area (Å²) < 4.78 is 12.7. The number of hydrogen-bond acceptors (Lipinski definition) is 6. The molecule has 2 saturated heterocycles. The normalized spacial score (nSPS) is 22.1. The highest BCUT2D eigenvalue weighted by atomic mass is 32.2. The van der Waals surface area contributed by atoms with E-state index in [1.807, 2.05) is 39.4 Å². The Balaban J connectivity index is 0.000000218. The molecular weight excluding hydrogens is 432 g/mol. The van der Waals surface area contributed by atoms with E-state index < -0.39 is 10.8 Å². The highest BCUT2D eigenvalue weighted by Gasteiger charge is 2.34. The molecule has 0 spiro atoms. The molecule has 0 radical (unpaired) electrons. The Kier molecular flexibility index (Phi) is 8.84. The van der Waals surface area contributed by atoms with Crippen molar-refractivity contribution in [2.75, 3.05) is 27.4 Å². The third-order valence-electron chi connectivity index (χ3n) is 4.80. The van der Waals surface area contributed by atoms with Gasteiger partial charge in [0.2, 0.25) is 5.91 Å². The Hall–Kier alpha value is -1.92. The van der Waals surface area contributed by atoms with Gasteiger partial charge < -0.3 is 19.7 Å². The van der Waals surface area contributed by atoms with Gasteiger partial charge in [0.25, 0.3) is 5.91 Å². The van der Waals surface area contributed by atoms with E-state index in [1.165, 1.54) is 4.90 Å². The van der Waals surface area contributed by atoms with Crippen LogP contribution in [0, 0.1) is 6.92 Å². The number of nitrogens with one attached hydrogen (secondary N) is 1. The van der Waals surface area contributed by atoms with E-state index in [0.29, 0.717) is 15.4 Å². The quantitative estimate of drug-likeness (QED) is 0.597. The number of hydrogen-bond donors (Lipinski definition) is 1. The summed E-state index contributed by atoms with van der Waals surface area (Å²) in [5, 5.41) is 4.30. The average molecular weight is 461 g/mol. The number of carbonyl (C=O) groups is 2. The van der Waals surface area contributed by atoms with Crippen LogP contribution in [0.5, 0.6) is 0 Å². The largest absolute Gasteiger partial charge is 0.340 e. The maximum absolute atomic E-state index is 11.1. The molecule has 1 N–H and O–H groups in total. The van der Waals surface area contributed by atoms with Crippen LogP contribution in [0.3, 0.4) is 0 Å². The first-order valence-electron chi connectivity index (χ1n) is 8.74. The van der Waals surface area contributed by atoms with Crippen LogP contribution < -0.4 is 5.32 Å². The summed E-state index contributed by atoms with van der Waals surface area (Å²) in [6, 6.07) is -0.185. The zero-order valence-corrected chi connectivity index (χ0v) is 20.4. The molecule has 2 aliphatic rings. The van der Waals surface area contributed by atoms with Gasteiger partial charge in [-0.3, -0.25) is 18.7 Å². The van der Waals surface area contributed by atoms with Crippen molar-refractivity contribution < 1.29 is 13.8 Å². The van der Waals surface area contributed by atoms with Gasteiger partial charge >= 0.3 is 0 Å². The SMILES string of the molecule is CC1C(=O)N(C)C(=S)N1C.CC1C(=O)NC(=S)N1C.Cc1cnc(S(C)=O)n1C. The second kappa shape index (κ2) is 10.2. The number of thiocarbonyl (C=S) groups is 2. The molecule has 3 unspecified atom stereocenters. The first-order valence-corrected chi connectivity index (χ1v) is 11.1. The third kappa shape index (κ3) is 5.80. The molecule has 2 aliphatic heterocycles. The van der Waals surface area contributed by atoms with Crippen molar-refractivity contribution >= 4 is 57.3 Å². The summed E-state index contributed by atoms with van der Waals surface area (Å²) in [5.74, 6) is 0.0648. The van der Waals surface area contributed by atoms with Gasteiger partial charge in [0.1, 0.15) is 12.1 Å². The van der Waals surface area contributed by atoms with Crippen LogP contribution in [-0.4, -0.2) is 90.0 Å². The number of nitrogens with zero attached hydrogens (tertiary/aromatic N) is 5. The van der Waals surface area contributed by atoms with Gasteiger partial charge in [-0.1, -0.05) is 0 Å². The molecular formula is C17H28N6O3S3. The van der Waals surface area contributed by atoms with E-state index in [2.05, 4.69) is 10.3 Å². The lowest BCUT2D eigenvalue weighted by atomic mass is 10.3. The molecule has 2 amide bonds. The first kappa shape index (κ1) is 25.1. The molecule has 3 atom stereocenters. The number of aromatic nitrogens is 2. The molecule has 29 heavy (non-hydrogen) atoms. The molecule has 1 aromatic heterocycles. The maximum Gasteiger partial charge on any atom is 0.250 e. The molecule has 3 heterocycles. The van der Waals surface area contributed by atoms with Crippen molar-refractivity contribution in [3.8, 4) is 0 Å². The molecule has 12 heteroatoms. The van der Waals surface area contributed by atoms with Crippen LogP contribution >= 0.6 is 24.4 Å². The van der Waals surface area contributed by atoms with Crippen molar-refractivity contribution in [3.05, 3.63) is 11.9 Å². The average Bonchev–Trinajstić information content (AvgIpc) is 3.18. The smallest absolute Gasteiger partial charge is 0.250 e. The van der Waals surface area contributed by atoms with Gasteiger partial charge in [-0.2, -0.15) is 0 Å². The number of likely N-dealkylation sites (N-methyl/N-ethyl adjacent to an activating group) is 3. The fourth-order valence-corrected chi connectivity index (χ4v) is 3.57. The monoisotopic (exact) mass is 460 g/mol. The highest BCUT2D eigenvalue weighted by molar-refractivity contribution is 7.84. The lowest BCUT2D eigenvalue weighted by molar-refractivity contribution is -0.126. The lowest BCUT2D eigenvalue weighted by Crippen LogP contribution is -2.28. The fourth-order valence-electron chi connectivity index (χ4n) is 2.33. The first-order chi connectivity index (χ1) is 13.3. The molecule has 3 rings (SSSR count). The number of carbonyl (C=O) groups excluding carboxylic acids is 2. The minimum Gasteiger partial charge on any atom is -0.340 e. The summed E-state index contributed by atoms with van der Waals surface area (Å²) >= 11 is 9.74. The van der Waals surface area contributed by atoms with Crippen LogP contribution in [0.2, 0.25) is 0 Å². The molecule has 162 valence electrons. The summed E-state index contributed by atoms with van der Waals surface area (Å²) in [6.45, 7) is 5.59. The van der Waals surface area contributed by atoms with Crippen molar-refractivity contribution in [2.24, 2.45) is 7.05 Å². The van der Waals surface area contributed by atoms with E-state index in [0.717, 1.165) is 5.69 Å². The van der Waals surface area contributed by atoms with E-state index in [9.17, 15) is 13.8 Å². The Morgan fingerprint density at radius 1 is 1.07 bits per heavy atom. The molecule has 0 bridgehead atoms. The fraction of sp³-hybridized carbons (Fsp3) is 0.588. The molecule has 0 aromatic carbocycles. The van der Waals surface area contributed by atoms with Gasteiger partial charge in [0.05, 0.1) is 10.8 Å². The van der Waals surface area contributed by atoms with E-state index in [-0.39, 0.29) is 23.9 Å². The highest BCUT2D eigenvalue weighted by Crippen LogP contribution is 2.12. The lowest BCUT2D eigenvalue weighted by Gasteiger charge is -2.13. The second-order valence-corrected chi connectivity index (χ2v) is 8.77. The van der Waals surface area contributed by atoms with Gasteiger partial charge in [-0.25, -0.2) is 4.98 Å². The van der Waals surface area contributed by atoms with E-state index >= 15 is 0 Å². The topological polar surface area (TPSA) is 90.8 Å². The minimum atomic E-state index is -0.968. The summed E-state index contributed by atoms with van der Waals surface area (Å²) in [4.78, 5) is 30.9. The Bertz CT molecular complexity index is 802. The molecule has 0 aliphatic carbocycles. The van der Waals surface area contributed by atoms with Gasteiger partial charge in [0.15, 0.2) is 15.4 Å². The van der Waals surface area contributed by atoms with E-state index in [1.54, 1.807) is 36.3 Å². The van der Waals surface area contributed by atoms with Crippen LogP contribution in [-0.2, 0) is 27.4 Å². The van der Waals surface area contributed by atoms with Gasteiger partial charge in [-0.05, 0) is 45.2 Å². The molecule has 2 fully saturated rings. The molecule has 1 aromatic rings. The van der Waals surface area contributed by atoms with Crippen LogP contribution in [0.4, 0.5) is 0 Å². The second-order valence-electron chi connectivity index (χ2n) is 6.74. The summed E-state index contributed by atoms with van der Waals surface area (Å²) in [7, 11) is 6.22. The number of aryl methyl sites for hydroxylation is 1. The van der Waals surface area contributed by atoms with E-state index in [4.69, 9.17) is 24.4 Å². The Morgan fingerprint density at radius 2 is 1.62 bits per heavy atom. The summed E-state index contributed by atoms with van der Waals surface area (Å²) in [5.41, 5.74) is 1.03. The van der Waals surface area contributed by atoms with Crippen LogP contribution in [0.1, 0.15) is 19.5 Å². The van der Waals surface area contributed by atoms with Crippen molar-refractivity contribution in [3.63, 3.8) is 0 Å². The Labute approximate surface area is 184 Å². The van der Waals surface area contributed by atoms with Crippen LogP contribution in [0.25, 0.3) is 0 Å². The predicted molar refractivity (Wildman–Crippen MR) is 121 cm³/mol. The number of amides is 2. The molecule has 0 saturated carbocycles. The third-order valence-corrected chi connectivity index (χ3v) is 6.65. The van der Waals surface area contributed by atoms with Crippen molar-refractivity contribution in [1.82, 2.24) is 29.6 Å². The maximum atomic E-state index is 11.1.